The number of alkyl halides is 1. The summed E-state index contributed by atoms with van der Waals surface area (Å²) in [6.45, 7) is 0.270. The molecule has 5 heteroatoms. The predicted octanol–water partition coefficient (Wildman–Crippen LogP) is 1.11. The highest BCUT2D eigenvalue weighted by Gasteiger charge is 2.03. The van der Waals surface area contributed by atoms with Gasteiger partial charge in [0.05, 0.1) is 12.0 Å². The molecule has 4 N–H and O–H groups in total. The summed E-state index contributed by atoms with van der Waals surface area (Å²) in [6.07, 6.45) is -0.652. The third kappa shape index (κ3) is 3.32. The van der Waals surface area contributed by atoms with E-state index >= 15 is 0 Å². The van der Waals surface area contributed by atoms with E-state index < -0.39 is 6.10 Å². The van der Waals surface area contributed by atoms with E-state index in [0.29, 0.717) is 5.69 Å². The number of benzene rings is 1. The molecule has 1 aromatic carbocycles. The highest BCUT2D eigenvalue weighted by atomic mass is 35.5. The Balaban J connectivity index is 2.58. The molecule has 0 radical (unpaired) electrons. The standard InChI is InChI=1S/C9H12ClNO3/c10-4-9(14)5-11-6-1-7(12)3-8(13)2-6/h1-3,9,11-14H,4-5H2. The minimum Gasteiger partial charge on any atom is -0.508 e. The van der Waals surface area contributed by atoms with E-state index in [1.54, 1.807) is 0 Å². The van der Waals surface area contributed by atoms with Gasteiger partial charge in [-0.15, -0.1) is 11.6 Å². The quantitative estimate of drug-likeness (QED) is 0.570. The monoisotopic (exact) mass is 217 g/mol. The molecule has 0 aromatic heterocycles. The molecule has 0 saturated carbocycles. The number of anilines is 1. The molecule has 14 heavy (non-hydrogen) atoms. The summed E-state index contributed by atoms with van der Waals surface area (Å²) < 4.78 is 0. The average Bonchev–Trinajstić information content (AvgIpc) is 2.12. The second kappa shape index (κ2) is 4.93. The first kappa shape index (κ1) is 10.9. The molecule has 1 rings (SSSR count). The van der Waals surface area contributed by atoms with E-state index in [9.17, 15) is 0 Å². The molecule has 78 valence electrons. The molecule has 1 unspecified atom stereocenters. The lowest BCUT2D eigenvalue weighted by molar-refractivity contribution is 0.211. The Morgan fingerprint density at radius 3 is 2.29 bits per heavy atom. The fourth-order valence-corrected chi connectivity index (χ4v) is 1.10. The number of phenols is 2. The number of hydrogen-bond acceptors (Lipinski definition) is 4. The summed E-state index contributed by atoms with van der Waals surface area (Å²) in [7, 11) is 0. The number of aromatic hydroxyl groups is 2. The fourth-order valence-electron chi connectivity index (χ4n) is 0.987. The van der Waals surface area contributed by atoms with Crippen molar-refractivity contribution in [3.05, 3.63) is 18.2 Å². The zero-order valence-electron chi connectivity index (χ0n) is 7.44. The Labute approximate surface area is 86.8 Å². The van der Waals surface area contributed by atoms with Crippen molar-refractivity contribution < 1.29 is 15.3 Å². The Kier molecular flexibility index (Phi) is 3.85. The van der Waals surface area contributed by atoms with Gasteiger partial charge < -0.3 is 20.6 Å². The third-order valence-corrected chi connectivity index (χ3v) is 1.98. The lowest BCUT2D eigenvalue weighted by Crippen LogP contribution is -2.20. The van der Waals surface area contributed by atoms with Gasteiger partial charge in [-0.3, -0.25) is 0 Å². The molecular weight excluding hydrogens is 206 g/mol. The highest BCUT2D eigenvalue weighted by molar-refractivity contribution is 6.18. The van der Waals surface area contributed by atoms with E-state index in [1.807, 2.05) is 0 Å². The van der Waals surface area contributed by atoms with Crippen molar-refractivity contribution in [1.82, 2.24) is 0 Å². The minimum atomic E-state index is -0.652. The van der Waals surface area contributed by atoms with Gasteiger partial charge in [-0.05, 0) is 0 Å². The maximum Gasteiger partial charge on any atom is 0.121 e. The second-order valence-corrected chi connectivity index (χ2v) is 3.24. The first-order valence-electron chi connectivity index (χ1n) is 4.12. The van der Waals surface area contributed by atoms with Crippen LogP contribution < -0.4 is 5.32 Å². The van der Waals surface area contributed by atoms with Gasteiger partial charge in [0.25, 0.3) is 0 Å². The normalized spacial score (nSPS) is 12.4. The first-order valence-corrected chi connectivity index (χ1v) is 4.66. The van der Waals surface area contributed by atoms with Crippen LogP contribution in [0.1, 0.15) is 0 Å². The van der Waals surface area contributed by atoms with Crippen LogP contribution in [0.3, 0.4) is 0 Å². The third-order valence-electron chi connectivity index (χ3n) is 1.62. The van der Waals surface area contributed by atoms with E-state index in [0.717, 1.165) is 0 Å². The van der Waals surface area contributed by atoms with Crippen molar-refractivity contribution >= 4 is 17.3 Å². The van der Waals surface area contributed by atoms with Crippen molar-refractivity contribution in [2.45, 2.75) is 6.10 Å². The number of hydrogen-bond donors (Lipinski definition) is 4. The molecule has 0 saturated heterocycles. The molecule has 1 atom stereocenters. The van der Waals surface area contributed by atoms with E-state index in [4.69, 9.17) is 26.9 Å². The van der Waals surface area contributed by atoms with E-state index in [1.165, 1.54) is 18.2 Å². The van der Waals surface area contributed by atoms with Crippen LogP contribution in [-0.4, -0.2) is 33.8 Å². The second-order valence-electron chi connectivity index (χ2n) is 2.93. The lowest BCUT2D eigenvalue weighted by Gasteiger charge is -2.10. The Morgan fingerprint density at radius 1 is 1.21 bits per heavy atom. The van der Waals surface area contributed by atoms with Crippen molar-refractivity contribution in [2.75, 3.05) is 17.7 Å². The molecule has 1 aromatic rings. The van der Waals surface area contributed by atoms with Gasteiger partial charge in [-0.1, -0.05) is 0 Å². The highest BCUT2D eigenvalue weighted by Crippen LogP contribution is 2.23. The van der Waals surface area contributed by atoms with Gasteiger partial charge in [0.2, 0.25) is 0 Å². The van der Waals surface area contributed by atoms with Gasteiger partial charge in [-0.2, -0.15) is 0 Å². The molecule has 0 heterocycles. The van der Waals surface area contributed by atoms with Gasteiger partial charge in [0.15, 0.2) is 0 Å². The summed E-state index contributed by atoms with van der Waals surface area (Å²) >= 11 is 5.39. The Morgan fingerprint density at radius 2 is 1.79 bits per heavy atom. The fraction of sp³-hybridized carbons (Fsp3) is 0.333. The number of aliphatic hydroxyl groups is 1. The van der Waals surface area contributed by atoms with Crippen molar-refractivity contribution in [2.24, 2.45) is 0 Å². The molecule has 0 aliphatic carbocycles. The molecular formula is C9H12ClNO3. The molecule has 0 aliphatic heterocycles. The van der Waals surface area contributed by atoms with Gasteiger partial charge in [0.1, 0.15) is 11.5 Å². The van der Waals surface area contributed by atoms with Crippen LogP contribution in [0.4, 0.5) is 5.69 Å². The van der Waals surface area contributed by atoms with Crippen LogP contribution in [0, 0.1) is 0 Å². The van der Waals surface area contributed by atoms with E-state index in [2.05, 4.69) is 5.32 Å². The largest absolute Gasteiger partial charge is 0.508 e. The topological polar surface area (TPSA) is 72.7 Å². The molecule has 0 bridgehead atoms. The van der Waals surface area contributed by atoms with Crippen molar-refractivity contribution in [3.63, 3.8) is 0 Å². The summed E-state index contributed by atoms with van der Waals surface area (Å²) in [5.74, 6) is 0.0679. The summed E-state index contributed by atoms with van der Waals surface area (Å²) in [5, 5.41) is 30.2. The lowest BCUT2D eigenvalue weighted by atomic mass is 10.2. The van der Waals surface area contributed by atoms with Gasteiger partial charge in [0, 0.05) is 30.4 Å². The van der Waals surface area contributed by atoms with Crippen LogP contribution in [0.25, 0.3) is 0 Å². The summed E-state index contributed by atoms with van der Waals surface area (Å²) in [6, 6.07) is 4.12. The molecule has 0 aliphatic rings. The molecule has 0 fully saturated rings. The van der Waals surface area contributed by atoms with Gasteiger partial charge in [-0.25, -0.2) is 0 Å². The SMILES string of the molecule is Oc1cc(O)cc(NCC(O)CCl)c1. The molecule has 4 nitrogen and oxygen atoms in total. The maximum absolute atomic E-state index is 9.14. The molecule has 0 spiro atoms. The number of aliphatic hydroxyl groups excluding tert-OH is 1. The van der Waals surface area contributed by atoms with Crippen LogP contribution in [0.5, 0.6) is 11.5 Å². The van der Waals surface area contributed by atoms with Crippen LogP contribution >= 0.6 is 11.6 Å². The number of phenolic OH excluding ortho intramolecular Hbond substituents is 2. The Bertz CT molecular complexity index is 286. The van der Waals surface area contributed by atoms with Crippen LogP contribution in [-0.2, 0) is 0 Å². The van der Waals surface area contributed by atoms with Crippen molar-refractivity contribution in [1.29, 1.82) is 0 Å². The predicted molar refractivity (Wildman–Crippen MR) is 55.0 cm³/mol. The average molecular weight is 218 g/mol. The van der Waals surface area contributed by atoms with Crippen LogP contribution in [0.15, 0.2) is 18.2 Å². The maximum atomic E-state index is 9.14. The number of halogens is 1. The zero-order valence-corrected chi connectivity index (χ0v) is 8.20. The first-order chi connectivity index (χ1) is 6.61. The summed E-state index contributed by atoms with van der Waals surface area (Å²) in [5.41, 5.74) is 0.534. The van der Waals surface area contributed by atoms with E-state index in [-0.39, 0.29) is 23.9 Å². The molecule has 0 amide bonds. The van der Waals surface area contributed by atoms with Gasteiger partial charge >= 0.3 is 0 Å². The van der Waals surface area contributed by atoms with Crippen molar-refractivity contribution in [3.8, 4) is 11.5 Å². The van der Waals surface area contributed by atoms with Crippen LogP contribution in [0.2, 0.25) is 0 Å². The Hall–Kier alpha value is -1.13. The zero-order chi connectivity index (χ0) is 10.6. The number of nitrogens with one attached hydrogen (secondary N) is 1. The smallest absolute Gasteiger partial charge is 0.121 e. The number of rotatable bonds is 4. The summed E-state index contributed by atoms with van der Waals surface area (Å²) in [4.78, 5) is 0. The minimum absolute atomic E-state index is 0.0344.